The maximum atomic E-state index is 13.2. The van der Waals surface area contributed by atoms with Crippen LogP contribution in [-0.4, -0.2) is 16.5 Å². The van der Waals surface area contributed by atoms with Gasteiger partial charge < -0.3 is 9.84 Å². The SMILES string of the molecule is OCc1ccnc(-c2cccc(OC(F)(F)F)c2)c1C(F)(F)F. The van der Waals surface area contributed by atoms with E-state index in [1.807, 2.05) is 0 Å². The lowest BCUT2D eigenvalue weighted by Crippen LogP contribution is -2.17. The fourth-order valence-electron chi connectivity index (χ4n) is 2.01. The maximum absolute atomic E-state index is 13.2. The van der Waals surface area contributed by atoms with Crippen LogP contribution in [0.25, 0.3) is 11.3 Å². The highest BCUT2D eigenvalue weighted by Crippen LogP contribution is 2.39. The molecule has 0 radical (unpaired) electrons. The van der Waals surface area contributed by atoms with Crippen LogP contribution >= 0.6 is 0 Å². The molecule has 0 aliphatic heterocycles. The van der Waals surface area contributed by atoms with Crippen LogP contribution in [0.15, 0.2) is 36.5 Å². The minimum absolute atomic E-state index is 0.214. The molecular formula is C14H9F6NO2. The second kappa shape index (κ2) is 6.07. The zero-order chi connectivity index (χ0) is 17.3. The van der Waals surface area contributed by atoms with E-state index in [4.69, 9.17) is 5.11 Å². The molecule has 0 fully saturated rings. The Bertz CT molecular complexity index is 696. The van der Waals surface area contributed by atoms with E-state index in [-0.39, 0.29) is 5.56 Å². The van der Waals surface area contributed by atoms with Crippen molar-refractivity contribution in [3.8, 4) is 17.0 Å². The van der Waals surface area contributed by atoms with Crippen LogP contribution in [0.4, 0.5) is 26.3 Å². The molecule has 1 aromatic heterocycles. The van der Waals surface area contributed by atoms with Crippen LogP contribution in [0.5, 0.6) is 5.75 Å². The zero-order valence-electron chi connectivity index (χ0n) is 11.2. The van der Waals surface area contributed by atoms with E-state index in [2.05, 4.69) is 9.72 Å². The first kappa shape index (κ1) is 17.1. The van der Waals surface area contributed by atoms with Crippen molar-refractivity contribution in [2.24, 2.45) is 0 Å². The number of aliphatic hydroxyl groups is 1. The van der Waals surface area contributed by atoms with Crippen molar-refractivity contribution < 1.29 is 36.2 Å². The fraction of sp³-hybridized carbons (Fsp3) is 0.214. The van der Waals surface area contributed by atoms with Crippen molar-refractivity contribution >= 4 is 0 Å². The lowest BCUT2D eigenvalue weighted by molar-refractivity contribution is -0.274. The van der Waals surface area contributed by atoms with Gasteiger partial charge in [-0.15, -0.1) is 13.2 Å². The number of rotatable bonds is 3. The Morgan fingerprint density at radius 1 is 1.04 bits per heavy atom. The van der Waals surface area contributed by atoms with E-state index in [1.165, 1.54) is 6.07 Å². The molecule has 0 aliphatic carbocycles. The quantitative estimate of drug-likeness (QED) is 0.856. The number of aromatic nitrogens is 1. The topological polar surface area (TPSA) is 42.4 Å². The minimum Gasteiger partial charge on any atom is -0.406 e. The first-order valence-corrected chi connectivity index (χ1v) is 6.14. The molecule has 2 rings (SSSR count). The molecule has 9 heteroatoms. The molecule has 0 aliphatic rings. The Labute approximate surface area is 126 Å². The molecule has 0 saturated heterocycles. The predicted octanol–water partition coefficient (Wildman–Crippen LogP) is 4.16. The van der Waals surface area contributed by atoms with Crippen molar-refractivity contribution in [3.05, 3.63) is 47.7 Å². The van der Waals surface area contributed by atoms with Crippen LogP contribution in [-0.2, 0) is 12.8 Å². The molecule has 124 valence electrons. The molecule has 0 spiro atoms. The monoisotopic (exact) mass is 337 g/mol. The van der Waals surface area contributed by atoms with Crippen LogP contribution in [0.1, 0.15) is 11.1 Å². The van der Waals surface area contributed by atoms with Crippen molar-refractivity contribution in [1.29, 1.82) is 0 Å². The lowest BCUT2D eigenvalue weighted by atomic mass is 10.0. The van der Waals surface area contributed by atoms with E-state index in [0.717, 1.165) is 30.5 Å². The number of aliphatic hydroxyl groups excluding tert-OH is 1. The highest BCUT2D eigenvalue weighted by Gasteiger charge is 2.37. The molecule has 2 aromatic rings. The van der Waals surface area contributed by atoms with Gasteiger partial charge in [-0.3, -0.25) is 4.98 Å². The largest absolute Gasteiger partial charge is 0.573 e. The predicted molar refractivity (Wildman–Crippen MR) is 67.3 cm³/mol. The number of hydrogen-bond acceptors (Lipinski definition) is 3. The second-order valence-electron chi connectivity index (χ2n) is 4.43. The number of pyridine rings is 1. The normalized spacial score (nSPS) is 12.3. The number of alkyl halides is 6. The minimum atomic E-state index is -4.97. The van der Waals surface area contributed by atoms with E-state index < -0.39 is 41.7 Å². The average molecular weight is 337 g/mol. The Balaban J connectivity index is 2.57. The molecule has 1 aromatic carbocycles. The van der Waals surface area contributed by atoms with Crippen LogP contribution in [0, 0.1) is 0 Å². The highest BCUT2D eigenvalue weighted by molar-refractivity contribution is 5.66. The standard InChI is InChI=1S/C14H9F6NO2/c15-13(16,17)11-9(7-22)4-5-21-12(11)8-2-1-3-10(6-8)23-14(18,19)20/h1-6,22H,7H2. The van der Waals surface area contributed by atoms with Crippen molar-refractivity contribution in [1.82, 2.24) is 4.98 Å². The van der Waals surface area contributed by atoms with Gasteiger partial charge in [-0.05, 0) is 23.8 Å². The summed E-state index contributed by atoms with van der Waals surface area (Å²) in [6.45, 7) is -0.886. The first-order chi connectivity index (χ1) is 10.6. The third-order valence-electron chi connectivity index (χ3n) is 2.83. The number of hydrogen-bond donors (Lipinski definition) is 1. The zero-order valence-corrected chi connectivity index (χ0v) is 11.2. The third kappa shape index (κ3) is 4.13. The lowest BCUT2D eigenvalue weighted by Gasteiger charge is -2.16. The molecule has 0 amide bonds. The van der Waals surface area contributed by atoms with E-state index >= 15 is 0 Å². The van der Waals surface area contributed by atoms with E-state index in [9.17, 15) is 26.3 Å². The van der Waals surface area contributed by atoms with Gasteiger partial charge in [0.1, 0.15) is 5.75 Å². The fourth-order valence-corrected chi connectivity index (χ4v) is 2.01. The average Bonchev–Trinajstić information content (AvgIpc) is 2.44. The summed E-state index contributed by atoms with van der Waals surface area (Å²) in [5.41, 5.74) is -2.43. The summed E-state index contributed by atoms with van der Waals surface area (Å²) in [5, 5.41) is 9.06. The van der Waals surface area contributed by atoms with Gasteiger partial charge in [0, 0.05) is 11.8 Å². The second-order valence-corrected chi connectivity index (χ2v) is 4.43. The summed E-state index contributed by atoms with van der Waals surface area (Å²) in [6, 6.07) is 5.03. The Morgan fingerprint density at radius 3 is 2.30 bits per heavy atom. The van der Waals surface area contributed by atoms with Gasteiger partial charge >= 0.3 is 12.5 Å². The molecular weight excluding hydrogens is 328 g/mol. The molecule has 0 unspecified atom stereocenters. The Morgan fingerprint density at radius 2 is 1.74 bits per heavy atom. The summed E-state index contributed by atoms with van der Waals surface area (Å²) in [4.78, 5) is 3.59. The number of halogens is 6. The van der Waals surface area contributed by atoms with E-state index in [1.54, 1.807) is 0 Å². The van der Waals surface area contributed by atoms with Crippen molar-refractivity contribution in [2.75, 3.05) is 0 Å². The van der Waals surface area contributed by atoms with Gasteiger partial charge in [-0.1, -0.05) is 12.1 Å². The maximum Gasteiger partial charge on any atom is 0.573 e. The Hall–Kier alpha value is -2.29. The van der Waals surface area contributed by atoms with Gasteiger partial charge in [-0.2, -0.15) is 13.2 Å². The molecule has 1 heterocycles. The number of ether oxygens (including phenoxy) is 1. The highest BCUT2D eigenvalue weighted by atomic mass is 19.4. The summed E-state index contributed by atoms with van der Waals surface area (Å²) < 4.78 is 79.9. The van der Waals surface area contributed by atoms with E-state index in [0.29, 0.717) is 0 Å². The summed E-state index contributed by atoms with van der Waals surface area (Å²) in [5.74, 6) is -0.667. The van der Waals surface area contributed by atoms with Gasteiger partial charge in [0.2, 0.25) is 0 Å². The molecule has 0 atom stereocenters. The molecule has 1 N–H and O–H groups in total. The van der Waals surface area contributed by atoms with Gasteiger partial charge in [0.15, 0.2) is 0 Å². The van der Waals surface area contributed by atoms with Crippen molar-refractivity contribution in [3.63, 3.8) is 0 Å². The molecule has 0 bridgehead atoms. The summed E-state index contributed by atoms with van der Waals surface area (Å²) in [7, 11) is 0. The van der Waals surface area contributed by atoms with Crippen LogP contribution < -0.4 is 4.74 Å². The van der Waals surface area contributed by atoms with Gasteiger partial charge in [-0.25, -0.2) is 0 Å². The molecule has 0 saturated carbocycles. The van der Waals surface area contributed by atoms with Gasteiger partial charge in [0.25, 0.3) is 0 Å². The summed E-state index contributed by atoms with van der Waals surface area (Å²) >= 11 is 0. The van der Waals surface area contributed by atoms with Crippen molar-refractivity contribution in [2.45, 2.75) is 19.1 Å². The van der Waals surface area contributed by atoms with Crippen LogP contribution in [0.2, 0.25) is 0 Å². The van der Waals surface area contributed by atoms with Gasteiger partial charge in [0.05, 0.1) is 17.9 Å². The Kier molecular flexibility index (Phi) is 4.51. The molecule has 23 heavy (non-hydrogen) atoms. The first-order valence-electron chi connectivity index (χ1n) is 6.14. The smallest absolute Gasteiger partial charge is 0.406 e. The number of benzene rings is 1. The summed E-state index contributed by atoms with van der Waals surface area (Å²) in [6.07, 6.45) is -8.76. The van der Waals surface area contributed by atoms with Crippen LogP contribution in [0.3, 0.4) is 0 Å². The molecule has 3 nitrogen and oxygen atoms in total. The number of nitrogens with zero attached hydrogens (tertiary/aromatic N) is 1. The third-order valence-corrected chi connectivity index (χ3v) is 2.83.